The van der Waals surface area contributed by atoms with Gasteiger partial charge in [-0.25, -0.2) is 0 Å². The van der Waals surface area contributed by atoms with Crippen molar-refractivity contribution in [3.63, 3.8) is 0 Å². The topological polar surface area (TPSA) is 110 Å². The van der Waals surface area contributed by atoms with Crippen LogP contribution in [0, 0.1) is 0 Å². The van der Waals surface area contributed by atoms with Crippen molar-refractivity contribution in [2.24, 2.45) is 0 Å². The van der Waals surface area contributed by atoms with Crippen molar-refractivity contribution in [2.45, 2.75) is 0 Å². The molecule has 0 saturated carbocycles. The molecular formula is C9H6N6O2S. The second-order valence-electron chi connectivity index (χ2n) is 3.28. The molecule has 0 radical (unpaired) electrons. The zero-order valence-electron chi connectivity index (χ0n) is 8.82. The van der Waals surface area contributed by atoms with Crippen LogP contribution in [0.25, 0.3) is 11.3 Å². The average Bonchev–Trinajstić information content (AvgIpc) is 3.11. The molecule has 0 bridgehead atoms. The Bertz CT molecular complexity index is 644. The van der Waals surface area contributed by atoms with E-state index in [0.29, 0.717) is 5.76 Å². The Kier molecular flexibility index (Phi) is 2.57. The first kappa shape index (κ1) is 10.6. The monoisotopic (exact) mass is 262 g/mol. The van der Waals surface area contributed by atoms with E-state index in [1.165, 1.54) is 11.3 Å². The number of carbonyl (C=O) groups excluding carboxylic acids is 1. The molecule has 1 amide bonds. The van der Waals surface area contributed by atoms with Gasteiger partial charge in [-0.1, -0.05) is 10.3 Å². The van der Waals surface area contributed by atoms with Crippen molar-refractivity contribution >= 4 is 23.2 Å². The summed E-state index contributed by atoms with van der Waals surface area (Å²) in [5.41, 5.74) is 1.03. The Morgan fingerprint density at radius 1 is 1.50 bits per heavy atom. The predicted octanol–water partition coefficient (Wildman–Crippen LogP) is 1.17. The van der Waals surface area contributed by atoms with Gasteiger partial charge in [0.1, 0.15) is 0 Å². The minimum atomic E-state index is -0.457. The van der Waals surface area contributed by atoms with Crippen LogP contribution < -0.4 is 5.32 Å². The van der Waals surface area contributed by atoms with Crippen molar-refractivity contribution in [1.29, 1.82) is 0 Å². The molecule has 0 aliphatic rings. The van der Waals surface area contributed by atoms with Gasteiger partial charge in [-0.15, -0.1) is 5.10 Å². The van der Waals surface area contributed by atoms with Crippen LogP contribution in [0.5, 0.6) is 0 Å². The number of aromatic amines is 1. The van der Waals surface area contributed by atoms with Gasteiger partial charge in [0.05, 0.1) is 0 Å². The summed E-state index contributed by atoms with van der Waals surface area (Å²) in [4.78, 5) is 11.7. The van der Waals surface area contributed by atoms with Crippen LogP contribution in [0.2, 0.25) is 0 Å². The lowest BCUT2D eigenvalue weighted by molar-refractivity contribution is 0.101. The van der Waals surface area contributed by atoms with E-state index in [-0.39, 0.29) is 11.6 Å². The number of nitrogens with one attached hydrogen (secondary N) is 2. The molecule has 0 aliphatic carbocycles. The first-order valence-corrected chi connectivity index (χ1v) is 5.81. The molecule has 3 aromatic heterocycles. The lowest BCUT2D eigenvalue weighted by atomic mass is 10.2. The van der Waals surface area contributed by atoms with E-state index in [9.17, 15) is 4.79 Å². The largest absolute Gasteiger partial charge is 0.355 e. The first-order valence-electron chi connectivity index (χ1n) is 4.87. The van der Waals surface area contributed by atoms with Crippen molar-refractivity contribution in [3.05, 3.63) is 28.6 Å². The molecule has 18 heavy (non-hydrogen) atoms. The Morgan fingerprint density at radius 3 is 3.17 bits per heavy atom. The fourth-order valence-electron chi connectivity index (χ4n) is 1.30. The van der Waals surface area contributed by atoms with Crippen LogP contribution in [0.3, 0.4) is 0 Å². The maximum Gasteiger partial charge on any atom is 0.280 e. The summed E-state index contributed by atoms with van der Waals surface area (Å²) in [6, 6.07) is 3.43. The predicted molar refractivity (Wildman–Crippen MR) is 61.9 cm³/mol. The molecule has 0 aromatic carbocycles. The number of H-pyrrole nitrogens is 1. The number of nitrogens with zero attached hydrogens (tertiary/aromatic N) is 4. The Balaban J connectivity index is 1.79. The van der Waals surface area contributed by atoms with E-state index >= 15 is 0 Å². The van der Waals surface area contributed by atoms with Crippen LogP contribution in [0.1, 0.15) is 10.5 Å². The molecule has 0 spiro atoms. The Labute approximate surface area is 104 Å². The van der Waals surface area contributed by atoms with Crippen molar-refractivity contribution in [3.8, 4) is 11.3 Å². The van der Waals surface area contributed by atoms with E-state index < -0.39 is 5.91 Å². The molecule has 3 heterocycles. The number of hydrogen-bond acceptors (Lipinski definition) is 7. The standard InChI is InChI=1S/C9H6N6O2S/c16-8(10-9-11-14-15-12-9)6-3-7(17-13-6)5-1-2-18-4-5/h1-4H,(H2,10,11,12,14,15,16). The van der Waals surface area contributed by atoms with Gasteiger partial charge >= 0.3 is 0 Å². The van der Waals surface area contributed by atoms with Crippen LogP contribution in [0.4, 0.5) is 5.95 Å². The molecule has 3 aromatic rings. The molecule has 0 saturated heterocycles. The highest BCUT2D eigenvalue weighted by atomic mass is 32.1. The van der Waals surface area contributed by atoms with Crippen molar-refractivity contribution < 1.29 is 9.32 Å². The molecule has 0 aliphatic heterocycles. The third-order valence-corrected chi connectivity index (χ3v) is 2.80. The number of amides is 1. The second kappa shape index (κ2) is 4.37. The maximum atomic E-state index is 11.7. The minimum Gasteiger partial charge on any atom is -0.355 e. The fraction of sp³-hybridized carbons (Fsp3) is 0. The number of carbonyl (C=O) groups is 1. The zero-order chi connectivity index (χ0) is 12.4. The number of aromatic nitrogens is 5. The smallest absolute Gasteiger partial charge is 0.280 e. The van der Waals surface area contributed by atoms with E-state index in [1.54, 1.807) is 6.07 Å². The Hall–Kier alpha value is -2.55. The van der Waals surface area contributed by atoms with E-state index in [4.69, 9.17) is 4.52 Å². The van der Waals surface area contributed by atoms with Crippen LogP contribution >= 0.6 is 11.3 Å². The molecule has 90 valence electrons. The second-order valence-corrected chi connectivity index (χ2v) is 4.06. The first-order chi connectivity index (χ1) is 8.83. The van der Waals surface area contributed by atoms with Gasteiger partial charge in [-0.05, 0) is 16.7 Å². The molecule has 0 fully saturated rings. The Morgan fingerprint density at radius 2 is 2.44 bits per heavy atom. The molecule has 2 N–H and O–H groups in total. The fourth-order valence-corrected chi connectivity index (χ4v) is 1.95. The number of hydrogen-bond donors (Lipinski definition) is 2. The van der Waals surface area contributed by atoms with Crippen LogP contribution in [-0.2, 0) is 0 Å². The van der Waals surface area contributed by atoms with Crippen molar-refractivity contribution in [2.75, 3.05) is 5.32 Å². The number of rotatable bonds is 3. The van der Waals surface area contributed by atoms with Gasteiger partial charge in [-0.3, -0.25) is 10.1 Å². The normalized spacial score (nSPS) is 10.4. The molecule has 0 unspecified atom stereocenters. The summed E-state index contributed by atoms with van der Waals surface area (Å²) >= 11 is 1.54. The summed E-state index contributed by atoms with van der Waals surface area (Å²) < 4.78 is 5.08. The molecule has 8 nitrogen and oxygen atoms in total. The molecule has 9 heteroatoms. The lowest BCUT2D eigenvalue weighted by Gasteiger charge is -1.93. The highest BCUT2D eigenvalue weighted by molar-refractivity contribution is 7.08. The van der Waals surface area contributed by atoms with Gasteiger partial charge < -0.3 is 4.52 Å². The molecule has 3 rings (SSSR count). The maximum absolute atomic E-state index is 11.7. The highest BCUT2D eigenvalue weighted by Crippen LogP contribution is 2.22. The average molecular weight is 262 g/mol. The summed E-state index contributed by atoms with van der Waals surface area (Å²) in [6.45, 7) is 0. The number of thiophene rings is 1. The van der Waals surface area contributed by atoms with Gasteiger partial charge in [0.2, 0.25) is 0 Å². The van der Waals surface area contributed by atoms with E-state index in [2.05, 4.69) is 31.1 Å². The summed E-state index contributed by atoms with van der Waals surface area (Å²) in [5, 5.41) is 22.7. The highest BCUT2D eigenvalue weighted by Gasteiger charge is 2.15. The summed E-state index contributed by atoms with van der Waals surface area (Å²) in [7, 11) is 0. The minimum absolute atomic E-state index is 0.0834. The van der Waals surface area contributed by atoms with Gasteiger partial charge in [-0.2, -0.15) is 16.6 Å². The zero-order valence-corrected chi connectivity index (χ0v) is 9.64. The third-order valence-electron chi connectivity index (χ3n) is 2.12. The quantitative estimate of drug-likeness (QED) is 0.733. The summed E-state index contributed by atoms with van der Waals surface area (Å²) in [5.74, 6) is 0.163. The van der Waals surface area contributed by atoms with Crippen LogP contribution in [-0.4, -0.2) is 31.7 Å². The van der Waals surface area contributed by atoms with E-state index in [1.807, 2.05) is 16.8 Å². The van der Waals surface area contributed by atoms with E-state index in [0.717, 1.165) is 5.56 Å². The SMILES string of the molecule is O=C(Nc1nn[nH]n1)c1cc(-c2ccsc2)on1. The molecule has 0 atom stereocenters. The van der Waals surface area contributed by atoms with Crippen LogP contribution in [0.15, 0.2) is 27.4 Å². The van der Waals surface area contributed by atoms with Crippen molar-refractivity contribution in [1.82, 2.24) is 25.8 Å². The lowest BCUT2D eigenvalue weighted by Crippen LogP contribution is -2.13. The number of anilines is 1. The third kappa shape index (κ3) is 1.98. The van der Waals surface area contributed by atoms with Gasteiger partial charge in [0.25, 0.3) is 11.9 Å². The van der Waals surface area contributed by atoms with Gasteiger partial charge in [0, 0.05) is 17.0 Å². The summed E-state index contributed by atoms with van der Waals surface area (Å²) in [6.07, 6.45) is 0. The van der Waals surface area contributed by atoms with Gasteiger partial charge in [0.15, 0.2) is 11.5 Å². The number of tetrazole rings is 1. The molecular weight excluding hydrogens is 256 g/mol.